The summed E-state index contributed by atoms with van der Waals surface area (Å²) in [5.74, 6) is 0.976. The van der Waals surface area contributed by atoms with Gasteiger partial charge in [0, 0.05) is 26.1 Å². The number of carbonyl (C=O) groups is 1. The third-order valence-electron chi connectivity index (χ3n) is 4.91. The summed E-state index contributed by atoms with van der Waals surface area (Å²) in [7, 11) is 0. The monoisotopic (exact) mass is 325 g/mol. The van der Waals surface area contributed by atoms with E-state index in [0.717, 1.165) is 37.3 Å². The number of aryl methyl sites for hydroxylation is 1. The van der Waals surface area contributed by atoms with E-state index in [0.29, 0.717) is 30.1 Å². The Morgan fingerprint density at radius 3 is 2.86 bits per heavy atom. The molecule has 2 aliphatic rings. The van der Waals surface area contributed by atoms with Crippen molar-refractivity contribution in [3.05, 3.63) is 16.7 Å². The Kier molecular flexibility index (Phi) is 4.73. The lowest BCUT2D eigenvalue weighted by Gasteiger charge is -2.14. The van der Waals surface area contributed by atoms with E-state index in [2.05, 4.69) is 21.8 Å². The summed E-state index contributed by atoms with van der Waals surface area (Å²) in [5, 5.41) is 9.96. The number of carboxylic acid groups (broad SMARTS) is 1. The topological polar surface area (TPSA) is 69.2 Å². The Bertz CT molecular complexity index is 541. The second-order valence-electron chi connectivity index (χ2n) is 6.70. The van der Waals surface area contributed by atoms with Crippen molar-refractivity contribution in [3.63, 3.8) is 0 Å². The lowest BCUT2D eigenvalue weighted by molar-refractivity contribution is -0.142. The van der Waals surface area contributed by atoms with Crippen LogP contribution in [-0.4, -0.2) is 39.0 Å². The minimum Gasteiger partial charge on any atom is -0.481 e. The van der Waals surface area contributed by atoms with Crippen molar-refractivity contribution < 1.29 is 9.90 Å². The van der Waals surface area contributed by atoms with E-state index in [4.69, 9.17) is 11.6 Å². The van der Waals surface area contributed by atoms with Crippen LogP contribution in [0.15, 0.2) is 0 Å². The van der Waals surface area contributed by atoms with Gasteiger partial charge in [-0.2, -0.15) is 0 Å². The van der Waals surface area contributed by atoms with Gasteiger partial charge >= 0.3 is 5.97 Å². The molecule has 1 saturated carbocycles. The van der Waals surface area contributed by atoms with Gasteiger partial charge in [0.1, 0.15) is 5.82 Å². The highest BCUT2D eigenvalue weighted by molar-refractivity contribution is 6.30. The predicted octanol–water partition coefficient (Wildman–Crippen LogP) is 2.95. The van der Waals surface area contributed by atoms with Crippen molar-refractivity contribution in [2.24, 2.45) is 17.8 Å². The van der Waals surface area contributed by atoms with Gasteiger partial charge in [0.2, 0.25) is 0 Å². The van der Waals surface area contributed by atoms with Crippen LogP contribution in [0.4, 0.5) is 0 Å². The maximum atomic E-state index is 11.5. The molecule has 2 N–H and O–H groups in total. The first-order valence-corrected chi connectivity index (χ1v) is 8.64. The highest BCUT2D eigenvalue weighted by Crippen LogP contribution is 2.44. The van der Waals surface area contributed by atoms with Gasteiger partial charge in [-0.1, -0.05) is 24.9 Å². The first-order chi connectivity index (χ1) is 10.6. The number of rotatable bonds is 7. The summed E-state index contributed by atoms with van der Waals surface area (Å²) in [6.45, 7) is 4.31. The van der Waals surface area contributed by atoms with Crippen LogP contribution in [0.1, 0.15) is 44.1 Å². The molecule has 1 saturated heterocycles. The number of carboxylic acids is 1. The number of hydrogen-bond donors (Lipinski definition) is 2. The maximum Gasteiger partial charge on any atom is 0.308 e. The fraction of sp³-hybridized carbons (Fsp3) is 0.750. The molecule has 0 amide bonds. The maximum absolute atomic E-state index is 11.5. The molecule has 0 spiro atoms. The predicted molar refractivity (Wildman–Crippen MR) is 84.8 cm³/mol. The number of imidazole rings is 1. The number of likely N-dealkylation sites (tertiary alicyclic amines) is 1. The third-order valence-corrected chi connectivity index (χ3v) is 5.22. The zero-order chi connectivity index (χ0) is 15.7. The minimum absolute atomic E-state index is 0.228. The fourth-order valence-corrected chi connectivity index (χ4v) is 3.75. The summed E-state index contributed by atoms with van der Waals surface area (Å²) in [6, 6.07) is 0. The molecule has 1 aromatic rings. The van der Waals surface area contributed by atoms with Gasteiger partial charge in [0.25, 0.3) is 0 Å². The lowest BCUT2D eigenvalue weighted by atomic mass is 9.92. The molecule has 3 rings (SSSR count). The number of aromatic nitrogens is 2. The molecular weight excluding hydrogens is 302 g/mol. The van der Waals surface area contributed by atoms with Gasteiger partial charge in [-0.3, -0.25) is 9.69 Å². The lowest BCUT2D eigenvalue weighted by Crippen LogP contribution is -2.24. The molecule has 0 bridgehead atoms. The molecule has 1 aliphatic heterocycles. The van der Waals surface area contributed by atoms with E-state index in [1.807, 2.05) is 0 Å². The Morgan fingerprint density at radius 2 is 2.23 bits per heavy atom. The van der Waals surface area contributed by atoms with E-state index in [1.54, 1.807) is 0 Å². The van der Waals surface area contributed by atoms with E-state index >= 15 is 0 Å². The largest absolute Gasteiger partial charge is 0.481 e. The fourth-order valence-electron chi connectivity index (χ4n) is 3.54. The number of hydrogen-bond acceptors (Lipinski definition) is 3. The number of nitrogens with zero attached hydrogens (tertiary/aromatic N) is 2. The van der Waals surface area contributed by atoms with Crippen molar-refractivity contribution in [1.82, 2.24) is 14.9 Å². The van der Waals surface area contributed by atoms with Crippen molar-refractivity contribution >= 4 is 17.6 Å². The minimum atomic E-state index is -0.654. The van der Waals surface area contributed by atoms with Crippen LogP contribution in [0.2, 0.25) is 5.15 Å². The van der Waals surface area contributed by atoms with E-state index < -0.39 is 5.97 Å². The number of aliphatic carboxylic acids is 1. The number of nitrogens with one attached hydrogen (secondary N) is 1. The molecule has 2 heterocycles. The smallest absolute Gasteiger partial charge is 0.308 e. The number of halogens is 1. The SMILES string of the molecule is CCCCc1nc(Cl)c(CN2C[C@@H](C(=O)O)[C@H](C3CC3)C2)[nH]1. The zero-order valence-electron chi connectivity index (χ0n) is 13.0. The summed E-state index contributed by atoms with van der Waals surface area (Å²) >= 11 is 6.23. The Morgan fingerprint density at radius 1 is 1.45 bits per heavy atom. The van der Waals surface area contributed by atoms with Gasteiger partial charge in [-0.15, -0.1) is 0 Å². The van der Waals surface area contributed by atoms with E-state index in [-0.39, 0.29) is 5.92 Å². The van der Waals surface area contributed by atoms with Gasteiger partial charge in [-0.05, 0) is 31.1 Å². The molecule has 0 unspecified atom stereocenters. The van der Waals surface area contributed by atoms with Crippen LogP contribution in [0.3, 0.4) is 0 Å². The molecular formula is C16H24ClN3O2. The van der Waals surface area contributed by atoms with Crippen LogP contribution in [0.25, 0.3) is 0 Å². The molecule has 5 nitrogen and oxygen atoms in total. The van der Waals surface area contributed by atoms with E-state index in [9.17, 15) is 9.90 Å². The molecule has 6 heteroatoms. The molecule has 2 fully saturated rings. The van der Waals surface area contributed by atoms with Crippen LogP contribution >= 0.6 is 11.6 Å². The number of aromatic amines is 1. The molecule has 122 valence electrons. The van der Waals surface area contributed by atoms with Crippen LogP contribution in [0, 0.1) is 17.8 Å². The van der Waals surface area contributed by atoms with Crippen LogP contribution in [-0.2, 0) is 17.8 Å². The number of H-pyrrole nitrogens is 1. The molecule has 1 aliphatic carbocycles. The van der Waals surface area contributed by atoms with Crippen LogP contribution in [0.5, 0.6) is 0 Å². The molecule has 2 atom stereocenters. The van der Waals surface area contributed by atoms with Crippen molar-refractivity contribution in [3.8, 4) is 0 Å². The second-order valence-corrected chi connectivity index (χ2v) is 7.05. The van der Waals surface area contributed by atoms with Gasteiger partial charge < -0.3 is 10.1 Å². The normalized spacial score (nSPS) is 25.7. The summed E-state index contributed by atoms with van der Waals surface area (Å²) in [4.78, 5) is 21.4. The highest BCUT2D eigenvalue weighted by atomic mass is 35.5. The first kappa shape index (κ1) is 15.8. The van der Waals surface area contributed by atoms with Crippen molar-refractivity contribution in [2.45, 2.75) is 45.6 Å². The molecule has 22 heavy (non-hydrogen) atoms. The average Bonchev–Trinajstić information content (AvgIpc) is 3.15. The molecule has 0 aromatic carbocycles. The van der Waals surface area contributed by atoms with Gasteiger partial charge in [0.15, 0.2) is 5.15 Å². The Hall–Kier alpha value is -1.07. The average molecular weight is 326 g/mol. The second kappa shape index (κ2) is 6.59. The van der Waals surface area contributed by atoms with Crippen molar-refractivity contribution in [1.29, 1.82) is 0 Å². The first-order valence-electron chi connectivity index (χ1n) is 8.27. The third kappa shape index (κ3) is 3.46. The van der Waals surface area contributed by atoms with Crippen LogP contribution < -0.4 is 0 Å². The molecule has 0 radical (unpaired) electrons. The van der Waals surface area contributed by atoms with E-state index in [1.165, 1.54) is 12.8 Å². The van der Waals surface area contributed by atoms with Gasteiger partial charge in [0.05, 0.1) is 11.6 Å². The Labute approximate surface area is 136 Å². The Balaban J connectivity index is 1.63. The quantitative estimate of drug-likeness (QED) is 0.808. The summed E-state index contributed by atoms with van der Waals surface area (Å²) in [6.07, 6.45) is 5.52. The molecule has 1 aromatic heterocycles. The summed E-state index contributed by atoms with van der Waals surface area (Å²) < 4.78 is 0. The standard InChI is InChI=1S/C16H24ClN3O2/c1-2-3-4-14-18-13(15(17)19-14)9-20-7-11(10-5-6-10)12(8-20)16(21)22/h10-12H,2-9H2,1H3,(H,18,19)(H,21,22)/t11-,12+/m0/s1. The summed E-state index contributed by atoms with van der Waals surface area (Å²) in [5.41, 5.74) is 0.924. The highest BCUT2D eigenvalue weighted by Gasteiger charge is 2.45. The number of unbranched alkanes of at least 4 members (excludes halogenated alkanes) is 1. The van der Waals surface area contributed by atoms with Gasteiger partial charge in [-0.25, -0.2) is 4.98 Å². The zero-order valence-corrected chi connectivity index (χ0v) is 13.8. The van der Waals surface area contributed by atoms with Crippen molar-refractivity contribution in [2.75, 3.05) is 13.1 Å².